The molecule has 2 heteroatoms. The Bertz CT molecular complexity index is 388. The van der Waals surface area contributed by atoms with Crippen LogP contribution in [0, 0.1) is 11.3 Å². The van der Waals surface area contributed by atoms with Crippen LogP contribution < -0.4 is 5.32 Å². The predicted molar refractivity (Wildman–Crippen MR) is 80.1 cm³/mol. The normalized spacial score (nSPS) is 27.4. The summed E-state index contributed by atoms with van der Waals surface area (Å²) in [6.45, 7) is 7.22. The number of hydrogen-bond donors (Lipinski definition) is 2. The zero-order valence-corrected chi connectivity index (χ0v) is 12.4. The Morgan fingerprint density at radius 2 is 1.95 bits per heavy atom. The molecule has 0 aromatic heterocycles. The van der Waals surface area contributed by atoms with Gasteiger partial charge in [0.1, 0.15) is 0 Å². The van der Waals surface area contributed by atoms with Crippen molar-refractivity contribution in [3.8, 4) is 0 Å². The maximum absolute atomic E-state index is 9.60. The Kier molecular flexibility index (Phi) is 4.64. The van der Waals surface area contributed by atoms with Gasteiger partial charge in [-0.05, 0) is 36.2 Å². The summed E-state index contributed by atoms with van der Waals surface area (Å²) in [4.78, 5) is 0. The number of hydrogen-bond acceptors (Lipinski definition) is 2. The first-order valence-corrected chi connectivity index (χ1v) is 7.41. The lowest BCUT2D eigenvalue weighted by molar-refractivity contribution is 0.220. The Morgan fingerprint density at radius 3 is 2.47 bits per heavy atom. The third-order valence-electron chi connectivity index (χ3n) is 4.33. The minimum atomic E-state index is 0.170. The van der Waals surface area contributed by atoms with Gasteiger partial charge in [0.15, 0.2) is 0 Å². The number of rotatable bonds is 5. The molecule has 0 heterocycles. The van der Waals surface area contributed by atoms with Crippen molar-refractivity contribution in [1.29, 1.82) is 0 Å². The van der Waals surface area contributed by atoms with Gasteiger partial charge >= 0.3 is 0 Å². The molecular weight excluding hydrogens is 234 g/mol. The fourth-order valence-corrected chi connectivity index (χ4v) is 3.49. The van der Waals surface area contributed by atoms with Crippen LogP contribution in [0.5, 0.6) is 0 Å². The molecule has 0 radical (unpaired) electrons. The summed E-state index contributed by atoms with van der Waals surface area (Å²) in [6, 6.07) is 11.1. The number of benzene rings is 1. The topological polar surface area (TPSA) is 32.3 Å². The minimum absolute atomic E-state index is 0.170. The maximum atomic E-state index is 9.60. The second-order valence-electron chi connectivity index (χ2n) is 6.89. The van der Waals surface area contributed by atoms with Gasteiger partial charge in [0, 0.05) is 12.1 Å². The van der Waals surface area contributed by atoms with Crippen molar-refractivity contribution in [3.05, 3.63) is 35.9 Å². The average molecular weight is 261 g/mol. The predicted octanol–water partition coefficient (Wildman–Crippen LogP) is 3.00. The van der Waals surface area contributed by atoms with Gasteiger partial charge in [-0.25, -0.2) is 0 Å². The van der Waals surface area contributed by atoms with Gasteiger partial charge < -0.3 is 10.4 Å². The molecule has 106 valence electrons. The third kappa shape index (κ3) is 4.05. The van der Waals surface area contributed by atoms with Crippen LogP contribution in [0.3, 0.4) is 0 Å². The SMILES string of the molecule is CC1CC(C)(C)CC1N[C@H](CO)Cc1ccccc1. The van der Waals surface area contributed by atoms with Gasteiger partial charge in [-0.3, -0.25) is 0 Å². The molecule has 0 amide bonds. The zero-order valence-electron chi connectivity index (χ0n) is 12.4. The summed E-state index contributed by atoms with van der Waals surface area (Å²) in [5.74, 6) is 0.694. The molecule has 1 aliphatic carbocycles. The Balaban J connectivity index is 1.93. The largest absolute Gasteiger partial charge is 0.395 e. The first-order chi connectivity index (χ1) is 9.00. The second-order valence-corrected chi connectivity index (χ2v) is 6.89. The molecule has 2 rings (SSSR count). The lowest BCUT2D eigenvalue weighted by atomic mass is 9.91. The molecule has 1 aromatic carbocycles. The summed E-state index contributed by atoms with van der Waals surface area (Å²) in [5.41, 5.74) is 1.73. The van der Waals surface area contributed by atoms with Crippen LogP contribution in [-0.4, -0.2) is 23.8 Å². The smallest absolute Gasteiger partial charge is 0.0587 e. The van der Waals surface area contributed by atoms with Crippen LogP contribution in [-0.2, 0) is 6.42 Å². The van der Waals surface area contributed by atoms with Crippen molar-refractivity contribution < 1.29 is 5.11 Å². The molecule has 1 fully saturated rings. The van der Waals surface area contributed by atoms with E-state index in [2.05, 4.69) is 50.4 Å². The Hall–Kier alpha value is -0.860. The van der Waals surface area contributed by atoms with E-state index in [0.717, 1.165) is 6.42 Å². The maximum Gasteiger partial charge on any atom is 0.0587 e. The van der Waals surface area contributed by atoms with Crippen LogP contribution in [0.4, 0.5) is 0 Å². The molecule has 19 heavy (non-hydrogen) atoms. The Morgan fingerprint density at radius 1 is 1.26 bits per heavy atom. The summed E-state index contributed by atoms with van der Waals surface area (Å²) in [6.07, 6.45) is 3.38. The van der Waals surface area contributed by atoms with E-state index in [1.807, 2.05) is 6.07 Å². The van der Waals surface area contributed by atoms with Gasteiger partial charge in [0.05, 0.1) is 6.61 Å². The van der Waals surface area contributed by atoms with E-state index in [9.17, 15) is 5.11 Å². The van der Waals surface area contributed by atoms with Crippen LogP contribution in [0.25, 0.3) is 0 Å². The van der Waals surface area contributed by atoms with Crippen LogP contribution >= 0.6 is 0 Å². The summed E-state index contributed by atoms with van der Waals surface area (Å²) in [7, 11) is 0. The van der Waals surface area contributed by atoms with E-state index in [4.69, 9.17) is 0 Å². The highest BCUT2D eigenvalue weighted by atomic mass is 16.3. The first kappa shape index (κ1) is 14.5. The van der Waals surface area contributed by atoms with E-state index in [-0.39, 0.29) is 12.6 Å². The number of aliphatic hydroxyl groups excluding tert-OH is 1. The van der Waals surface area contributed by atoms with E-state index >= 15 is 0 Å². The molecule has 1 saturated carbocycles. The van der Waals surface area contributed by atoms with Crippen LogP contribution in [0.1, 0.15) is 39.2 Å². The van der Waals surface area contributed by atoms with Gasteiger partial charge in [-0.15, -0.1) is 0 Å². The zero-order chi connectivity index (χ0) is 13.9. The van der Waals surface area contributed by atoms with Crippen molar-refractivity contribution in [1.82, 2.24) is 5.32 Å². The standard InChI is InChI=1S/C17H27NO/c1-13-10-17(2,3)11-16(13)18-15(12-19)9-14-7-5-4-6-8-14/h4-8,13,15-16,18-19H,9-12H2,1-3H3/t13?,15-,16?/m0/s1. The molecule has 1 aliphatic rings. The lowest BCUT2D eigenvalue weighted by Gasteiger charge is -2.25. The quantitative estimate of drug-likeness (QED) is 0.854. The van der Waals surface area contributed by atoms with Crippen molar-refractivity contribution in [2.75, 3.05) is 6.61 Å². The molecule has 3 atom stereocenters. The second kappa shape index (κ2) is 6.06. The number of aliphatic hydroxyl groups is 1. The van der Waals surface area contributed by atoms with Crippen molar-refractivity contribution in [2.24, 2.45) is 11.3 Å². The van der Waals surface area contributed by atoms with Crippen LogP contribution in [0.15, 0.2) is 30.3 Å². The van der Waals surface area contributed by atoms with E-state index in [0.29, 0.717) is 17.4 Å². The molecule has 0 aliphatic heterocycles. The fraction of sp³-hybridized carbons (Fsp3) is 0.647. The lowest BCUT2D eigenvalue weighted by Crippen LogP contribution is -2.43. The van der Waals surface area contributed by atoms with E-state index in [1.165, 1.54) is 18.4 Å². The van der Waals surface area contributed by atoms with Crippen molar-refractivity contribution >= 4 is 0 Å². The first-order valence-electron chi connectivity index (χ1n) is 7.41. The monoisotopic (exact) mass is 261 g/mol. The summed E-state index contributed by atoms with van der Waals surface area (Å²) in [5, 5.41) is 13.3. The molecule has 2 unspecified atom stereocenters. The van der Waals surface area contributed by atoms with E-state index in [1.54, 1.807) is 0 Å². The molecule has 0 spiro atoms. The molecular formula is C17H27NO. The molecule has 0 bridgehead atoms. The number of nitrogens with one attached hydrogen (secondary N) is 1. The van der Waals surface area contributed by atoms with E-state index < -0.39 is 0 Å². The highest BCUT2D eigenvalue weighted by Gasteiger charge is 2.37. The Labute approximate surface area is 117 Å². The molecule has 2 nitrogen and oxygen atoms in total. The minimum Gasteiger partial charge on any atom is -0.395 e. The summed E-state index contributed by atoms with van der Waals surface area (Å²) >= 11 is 0. The highest BCUT2D eigenvalue weighted by molar-refractivity contribution is 5.16. The van der Waals surface area contributed by atoms with Gasteiger partial charge in [0.2, 0.25) is 0 Å². The van der Waals surface area contributed by atoms with Gasteiger partial charge in [0.25, 0.3) is 0 Å². The average Bonchev–Trinajstić information content (AvgIpc) is 2.62. The van der Waals surface area contributed by atoms with Gasteiger partial charge in [-0.1, -0.05) is 51.1 Å². The van der Waals surface area contributed by atoms with Crippen LogP contribution in [0.2, 0.25) is 0 Å². The van der Waals surface area contributed by atoms with Crippen molar-refractivity contribution in [3.63, 3.8) is 0 Å². The third-order valence-corrected chi connectivity index (χ3v) is 4.33. The summed E-state index contributed by atoms with van der Waals surface area (Å²) < 4.78 is 0. The molecule has 2 N–H and O–H groups in total. The van der Waals surface area contributed by atoms with Gasteiger partial charge in [-0.2, -0.15) is 0 Å². The molecule has 1 aromatic rings. The highest BCUT2D eigenvalue weighted by Crippen LogP contribution is 2.41. The molecule has 0 saturated heterocycles. The fourth-order valence-electron chi connectivity index (χ4n) is 3.49. The van der Waals surface area contributed by atoms with Crippen molar-refractivity contribution in [2.45, 2.75) is 52.1 Å².